The number of rotatable bonds is 8. The number of pyridine rings is 1. The largest absolute Gasteiger partial charge is 0.492 e. The quantitative estimate of drug-likeness (QED) is 0.394. The van der Waals surface area contributed by atoms with E-state index in [0.717, 1.165) is 33.9 Å². The molecule has 0 atom stereocenters. The summed E-state index contributed by atoms with van der Waals surface area (Å²) in [5, 5.41) is 8.60. The molecule has 1 aromatic carbocycles. The van der Waals surface area contributed by atoms with Gasteiger partial charge in [0.15, 0.2) is 11.5 Å². The standard InChI is InChI=1S/C23H26N6O3S/c1-33(30,31)28-17-19(16-24-28)21-5-4-6-23-25-22(26-29(21)23)15-18-7-9-20(10-8-18)32-14-13-27-11-2-3-12-27/h4-10,16-17H,2-3,11-15H2,1H3. The zero-order chi connectivity index (χ0) is 22.8. The highest BCUT2D eigenvalue weighted by Crippen LogP contribution is 2.21. The fourth-order valence-electron chi connectivity index (χ4n) is 4.05. The molecule has 1 fully saturated rings. The van der Waals surface area contributed by atoms with Gasteiger partial charge in [-0.05, 0) is 55.8 Å². The van der Waals surface area contributed by atoms with Gasteiger partial charge in [0.2, 0.25) is 0 Å². The molecule has 33 heavy (non-hydrogen) atoms. The molecular weight excluding hydrogens is 440 g/mol. The summed E-state index contributed by atoms with van der Waals surface area (Å²) >= 11 is 0. The van der Waals surface area contributed by atoms with E-state index in [1.54, 1.807) is 4.52 Å². The average Bonchev–Trinajstić information content (AvgIpc) is 3.55. The van der Waals surface area contributed by atoms with Crippen molar-refractivity contribution >= 4 is 15.7 Å². The van der Waals surface area contributed by atoms with Gasteiger partial charge in [-0.15, -0.1) is 0 Å². The van der Waals surface area contributed by atoms with Gasteiger partial charge in [-0.2, -0.15) is 14.3 Å². The third-order valence-electron chi connectivity index (χ3n) is 5.76. The van der Waals surface area contributed by atoms with Crippen molar-refractivity contribution in [2.24, 2.45) is 0 Å². The minimum absolute atomic E-state index is 0.581. The molecule has 4 heterocycles. The molecule has 1 aliphatic rings. The first kappa shape index (κ1) is 21.6. The van der Waals surface area contributed by atoms with Gasteiger partial charge in [-0.25, -0.2) is 17.9 Å². The predicted octanol–water partition coefficient (Wildman–Crippen LogP) is 2.47. The molecule has 4 aromatic rings. The second kappa shape index (κ2) is 8.95. The van der Waals surface area contributed by atoms with Crippen molar-refractivity contribution in [3.63, 3.8) is 0 Å². The maximum absolute atomic E-state index is 11.7. The highest BCUT2D eigenvalue weighted by Gasteiger charge is 2.14. The monoisotopic (exact) mass is 466 g/mol. The van der Waals surface area contributed by atoms with Crippen LogP contribution in [0.15, 0.2) is 54.9 Å². The van der Waals surface area contributed by atoms with Gasteiger partial charge in [0.25, 0.3) is 10.0 Å². The molecule has 3 aromatic heterocycles. The van der Waals surface area contributed by atoms with Gasteiger partial charge in [-0.3, -0.25) is 4.90 Å². The first-order valence-electron chi connectivity index (χ1n) is 11.0. The van der Waals surface area contributed by atoms with Crippen molar-refractivity contribution in [1.82, 2.24) is 28.7 Å². The topological polar surface area (TPSA) is 94.6 Å². The van der Waals surface area contributed by atoms with Crippen molar-refractivity contribution in [3.05, 3.63) is 66.2 Å². The van der Waals surface area contributed by atoms with E-state index in [1.165, 1.54) is 38.3 Å². The maximum Gasteiger partial charge on any atom is 0.250 e. The summed E-state index contributed by atoms with van der Waals surface area (Å²) in [6.45, 7) is 4.02. The molecule has 9 nitrogen and oxygen atoms in total. The van der Waals surface area contributed by atoms with Crippen LogP contribution in [0.5, 0.6) is 5.75 Å². The van der Waals surface area contributed by atoms with Crippen LogP contribution in [0.2, 0.25) is 0 Å². The number of aromatic nitrogens is 5. The van der Waals surface area contributed by atoms with Crippen molar-refractivity contribution in [2.45, 2.75) is 19.3 Å². The van der Waals surface area contributed by atoms with E-state index in [9.17, 15) is 8.42 Å². The lowest BCUT2D eigenvalue weighted by Gasteiger charge is -2.14. The average molecular weight is 467 g/mol. The zero-order valence-corrected chi connectivity index (χ0v) is 19.3. The Balaban J connectivity index is 1.28. The number of nitrogens with zero attached hydrogens (tertiary/aromatic N) is 6. The molecule has 1 saturated heterocycles. The molecule has 0 amide bonds. The highest BCUT2D eigenvalue weighted by molar-refractivity contribution is 7.89. The summed E-state index contributed by atoms with van der Waals surface area (Å²) in [6, 6.07) is 13.7. The predicted molar refractivity (Wildman–Crippen MR) is 125 cm³/mol. The second-order valence-corrected chi connectivity index (χ2v) is 10.1. The fraction of sp³-hybridized carbons (Fsp3) is 0.348. The molecule has 1 aliphatic heterocycles. The Bertz CT molecular complexity index is 1350. The van der Waals surface area contributed by atoms with Gasteiger partial charge >= 0.3 is 0 Å². The number of fused-ring (bicyclic) bond motifs is 1. The van der Waals surface area contributed by atoms with Gasteiger partial charge < -0.3 is 4.74 Å². The Kier molecular flexibility index (Phi) is 5.86. The van der Waals surface area contributed by atoms with Gasteiger partial charge in [0.05, 0.1) is 24.3 Å². The zero-order valence-electron chi connectivity index (χ0n) is 18.5. The summed E-state index contributed by atoms with van der Waals surface area (Å²) in [5.41, 5.74) is 3.15. The molecule has 0 saturated carbocycles. The summed E-state index contributed by atoms with van der Waals surface area (Å²) < 4.78 is 32.0. The third kappa shape index (κ3) is 4.91. The van der Waals surface area contributed by atoms with Crippen LogP contribution in [-0.4, -0.2) is 69.6 Å². The lowest BCUT2D eigenvalue weighted by Crippen LogP contribution is -2.25. The lowest BCUT2D eigenvalue weighted by molar-refractivity contribution is 0.238. The highest BCUT2D eigenvalue weighted by atomic mass is 32.2. The van der Waals surface area contributed by atoms with E-state index in [-0.39, 0.29) is 0 Å². The Labute approximate surface area is 192 Å². The molecule has 172 valence electrons. The molecule has 0 spiro atoms. The minimum atomic E-state index is -3.45. The van der Waals surface area contributed by atoms with E-state index in [2.05, 4.69) is 20.1 Å². The minimum Gasteiger partial charge on any atom is -0.492 e. The number of likely N-dealkylation sites (tertiary alicyclic amines) is 1. The number of benzene rings is 1. The van der Waals surface area contributed by atoms with E-state index >= 15 is 0 Å². The summed E-state index contributed by atoms with van der Waals surface area (Å²) in [5.74, 6) is 1.55. The Hall–Kier alpha value is -3.24. The van der Waals surface area contributed by atoms with Crippen LogP contribution in [0, 0.1) is 0 Å². The Morgan fingerprint density at radius 1 is 1.06 bits per heavy atom. The van der Waals surface area contributed by atoms with Crippen LogP contribution in [-0.2, 0) is 16.4 Å². The van der Waals surface area contributed by atoms with Crippen molar-refractivity contribution in [1.29, 1.82) is 0 Å². The van der Waals surface area contributed by atoms with Crippen LogP contribution in [0.1, 0.15) is 24.2 Å². The number of hydrogen-bond acceptors (Lipinski definition) is 7. The maximum atomic E-state index is 11.7. The molecule has 10 heteroatoms. The molecule has 0 radical (unpaired) electrons. The first-order valence-corrected chi connectivity index (χ1v) is 12.8. The SMILES string of the molecule is CS(=O)(=O)n1cc(-c2cccc3nc(Cc4ccc(OCCN5CCCC5)cc4)nn23)cn1. The van der Waals surface area contributed by atoms with Gasteiger partial charge in [-0.1, -0.05) is 18.2 Å². The normalized spacial score (nSPS) is 14.8. The smallest absolute Gasteiger partial charge is 0.250 e. The Morgan fingerprint density at radius 3 is 2.58 bits per heavy atom. The van der Waals surface area contributed by atoms with Crippen molar-refractivity contribution < 1.29 is 13.2 Å². The van der Waals surface area contributed by atoms with Crippen molar-refractivity contribution in [3.8, 4) is 17.0 Å². The second-order valence-electron chi connectivity index (χ2n) is 8.29. The van der Waals surface area contributed by atoms with E-state index in [1.807, 2.05) is 42.5 Å². The molecule has 5 rings (SSSR count). The van der Waals surface area contributed by atoms with Crippen LogP contribution in [0.3, 0.4) is 0 Å². The number of hydrogen-bond donors (Lipinski definition) is 0. The third-order valence-corrected chi connectivity index (χ3v) is 6.64. The van der Waals surface area contributed by atoms with E-state index in [0.29, 0.717) is 30.1 Å². The fourth-order valence-corrected chi connectivity index (χ4v) is 4.57. The van der Waals surface area contributed by atoms with Crippen LogP contribution >= 0.6 is 0 Å². The van der Waals surface area contributed by atoms with E-state index in [4.69, 9.17) is 4.74 Å². The Morgan fingerprint density at radius 2 is 1.85 bits per heavy atom. The van der Waals surface area contributed by atoms with Crippen LogP contribution in [0.25, 0.3) is 16.9 Å². The lowest BCUT2D eigenvalue weighted by atomic mass is 10.1. The van der Waals surface area contributed by atoms with Gasteiger partial charge in [0.1, 0.15) is 12.4 Å². The summed E-state index contributed by atoms with van der Waals surface area (Å²) in [7, 11) is -3.45. The summed E-state index contributed by atoms with van der Waals surface area (Å²) in [4.78, 5) is 7.07. The first-order chi connectivity index (χ1) is 16.0. The van der Waals surface area contributed by atoms with E-state index < -0.39 is 10.0 Å². The molecule has 0 N–H and O–H groups in total. The molecule has 0 unspecified atom stereocenters. The molecular formula is C23H26N6O3S. The summed E-state index contributed by atoms with van der Waals surface area (Å²) in [6.07, 6.45) is 7.27. The van der Waals surface area contributed by atoms with Crippen molar-refractivity contribution in [2.75, 3.05) is 32.5 Å². The van der Waals surface area contributed by atoms with Gasteiger partial charge in [0, 0.05) is 18.5 Å². The van der Waals surface area contributed by atoms with Crippen LogP contribution in [0.4, 0.5) is 0 Å². The molecule has 0 bridgehead atoms. The number of ether oxygens (including phenoxy) is 1. The molecule has 0 aliphatic carbocycles. The van der Waals surface area contributed by atoms with Crippen LogP contribution < -0.4 is 4.74 Å².